The Morgan fingerprint density at radius 3 is 2.67 bits per heavy atom. The zero-order valence-electron chi connectivity index (χ0n) is 18.4. The Labute approximate surface area is 196 Å². The Hall–Kier alpha value is -2.70. The van der Waals surface area contributed by atoms with Gasteiger partial charge in [0.15, 0.2) is 0 Å². The maximum absolute atomic E-state index is 13.6. The fourth-order valence-corrected chi connectivity index (χ4v) is 5.58. The van der Waals surface area contributed by atoms with Crippen molar-refractivity contribution in [3.63, 3.8) is 0 Å². The summed E-state index contributed by atoms with van der Waals surface area (Å²) in [5.41, 5.74) is 0.367. The second-order valence-corrected chi connectivity index (χ2v) is 10.2. The van der Waals surface area contributed by atoms with E-state index in [1.807, 2.05) is 6.92 Å². The molecule has 0 saturated carbocycles. The van der Waals surface area contributed by atoms with Crippen molar-refractivity contribution in [1.29, 1.82) is 0 Å². The molecule has 0 bridgehead atoms. The summed E-state index contributed by atoms with van der Waals surface area (Å²) in [6.07, 6.45) is 7.75. The van der Waals surface area contributed by atoms with Crippen LogP contribution in [0.25, 0.3) is 0 Å². The third-order valence-corrected chi connectivity index (χ3v) is 7.98. The molecular formula is C21H25FN4O5S2. The lowest BCUT2D eigenvalue weighted by molar-refractivity contribution is -0.134. The zero-order valence-corrected chi connectivity index (χ0v) is 20.1. The molecule has 2 heterocycles. The molecule has 3 rings (SSSR count). The first-order valence-electron chi connectivity index (χ1n) is 10.2. The maximum atomic E-state index is 13.6. The van der Waals surface area contributed by atoms with Gasteiger partial charge in [-0.15, -0.1) is 11.8 Å². The SMILES string of the molecule is CCCCC1CN(c2ncccn2)c2cc(SC)c(O/C=C(\F)C(=O)O)cc2S(=O)(=O)N1C. The van der Waals surface area contributed by atoms with Gasteiger partial charge in [0.05, 0.1) is 10.6 Å². The molecule has 9 nitrogen and oxygen atoms in total. The van der Waals surface area contributed by atoms with Crippen molar-refractivity contribution >= 4 is 39.4 Å². The topological polar surface area (TPSA) is 113 Å². The molecule has 1 unspecified atom stereocenters. The van der Waals surface area contributed by atoms with E-state index in [2.05, 4.69) is 9.97 Å². The molecule has 0 radical (unpaired) electrons. The summed E-state index contributed by atoms with van der Waals surface area (Å²) in [5.74, 6) is -2.91. The molecule has 12 heteroatoms. The monoisotopic (exact) mass is 496 g/mol. The number of carbonyl (C=O) groups is 1. The van der Waals surface area contributed by atoms with Crippen LogP contribution in [0.5, 0.6) is 5.75 Å². The first-order valence-corrected chi connectivity index (χ1v) is 12.9. The molecule has 1 N–H and O–H groups in total. The van der Waals surface area contributed by atoms with Gasteiger partial charge in [-0.3, -0.25) is 0 Å². The van der Waals surface area contributed by atoms with Crippen LogP contribution in [0.15, 0.2) is 52.5 Å². The Kier molecular flexibility index (Phi) is 7.92. The number of unbranched alkanes of at least 4 members (excludes halogenated alkanes) is 1. The van der Waals surface area contributed by atoms with Crippen LogP contribution in [0, 0.1) is 0 Å². The Bertz CT molecular complexity index is 1140. The highest BCUT2D eigenvalue weighted by Crippen LogP contribution is 2.42. The van der Waals surface area contributed by atoms with Crippen molar-refractivity contribution in [2.45, 2.75) is 42.0 Å². The largest absolute Gasteiger partial charge is 0.476 e. The molecular weight excluding hydrogens is 471 g/mol. The summed E-state index contributed by atoms with van der Waals surface area (Å²) >= 11 is 1.25. The second kappa shape index (κ2) is 10.5. The van der Waals surface area contributed by atoms with E-state index < -0.39 is 21.8 Å². The van der Waals surface area contributed by atoms with E-state index in [0.29, 0.717) is 35.8 Å². The first kappa shape index (κ1) is 24.9. The number of carboxylic acids is 1. The van der Waals surface area contributed by atoms with Crippen LogP contribution in [-0.4, -0.2) is 59.7 Å². The predicted octanol–water partition coefficient (Wildman–Crippen LogP) is 3.80. The molecule has 0 amide bonds. The Balaban J connectivity index is 2.21. The maximum Gasteiger partial charge on any atom is 0.368 e. The highest BCUT2D eigenvalue weighted by molar-refractivity contribution is 7.98. The van der Waals surface area contributed by atoms with Crippen molar-refractivity contribution < 1.29 is 27.4 Å². The van der Waals surface area contributed by atoms with Crippen molar-refractivity contribution in [3.05, 3.63) is 42.7 Å². The normalized spacial score (nSPS) is 18.5. The van der Waals surface area contributed by atoms with Crippen LogP contribution in [0.1, 0.15) is 26.2 Å². The van der Waals surface area contributed by atoms with Gasteiger partial charge in [0.2, 0.25) is 21.8 Å². The van der Waals surface area contributed by atoms with Crippen molar-refractivity contribution in [2.75, 3.05) is 24.7 Å². The lowest BCUT2D eigenvalue weighted by Crippen LogP contribution is -2.41. The van der Waals surface area contributed by atoms with E-state index >= 15 is 0 Å². The van der Waals surface area contributed by atoms with Crippen molar-refractivity contribution in [3.8, 4) is 5.75 Å². The molecule has 1 aliphatic heterocycles. The molecule has 1 aromatic heterocycles. The molecule has 1 aliphatic rings. The predicted molar refractivity (Wildman–Crippen MR) is 123 cm³/mol. The standard InChI is InChI=1S/C21H25FN4O5S2/c1-4-5-7-14-12-26(21-23-8-6-9-24-21)16-10-18(32-3)17(31-13-15(22)20(27)28)11-19(16)33(29,30)25(14)2/h6,8-11,13-14H,4-5,7,12H2,1-3H3,(H,27,28)/b15-13-. The van der Waals surface area contributed by atoms with Gasteiger partial charge in [-0.1, -0.05) is 19.8 Å². The van der Waals surface area contributed by atoms with Crippen LogP contribution in [-0.2, 0) is 14.8 Å². The lowest BCUT2D eigenvalue weighted by atomic mass is 10.1. The number of benzene rings is 1. The van der Waals surface area contributed by atoms with Gasteiger partial charge < -0.3 is 14.7 Å². The summed E-state index contributed by atoms with van der Waals surface area (Å²) in [4.78, 5) is 21.6. The number of aromatic nitrogens is 2. The number of hydrogen-bond acceptors (Lipinski definition) is 8. The van der Waals surface area contributed by atoms with Gasteiger partial charge in [0.1, 0.15) is 16.9 Å². The average Bonchev–Trinajstić information content (AvgIpc) is 2.89. The number of fused-ring (bicyclic) bond motifs is 1. The van der Waals surface area contributed by atoms with E-state index in [0.717, 1.165) is 12.8 Å². The summed E-state index contributed by atoms with van der Waals surface area (Å²) < 4.78 is 47.2. The quantitative estimate of drug-likeness (QED) is 0.331. The molecule has 1 aromatic carbocycles. The van der Waals surface area contributed by atoms with Crippen molar-refractivity contribution in [2.24, 2.45) is 0 Å². The molecule has 0 aliphatic carbocycles. The smallest absolute Gasteiger partial charge is 0.368 e. The van der Waals surface area contributed by atoms with Crippen LogP contribution < -0.4 is 9.64 Å². The summed E-state index contributed by atoms with van der Waals surface area (Å²) in [6, 6.07) is 4.24. The molecule has 1 atom stereocenters. The summed E-state index contributed by atoms with van der Waals surface area (Å²) in [6.45, 7) is 2.38. The summed E-state index contributed by atoms with van der Waals surface area (Å²) in [7, 11) is -2.43. The fraction of sp³-hybridized carbons (Fsp3) is 0.381. The first-order chi connectivity index (χ1) is 15.7. The van der Waals surface area contributed by atoms with Gasteiger partial charge in [0, 0.05) is 38.1 Å². The highest BCUT2D eigenvalue weighted by atomic mass is 32.2. The third kappa shape index (κ3) is 5.28. The summed E-state index contributed by atoms with van der Waals surface area (Å²) in [5, 5.41) is 8.74. The van der Waals surface area contributed by atoms with Crippen LogP contribution in [0.3, 0.4) is 0 Å². The molecule has 2 aromatic rings. The Morgan fingerprint density at radius 1 is 1.36 bits per heavy atom. The number of nitrogens with zero attached hydrogens (tertiary/aromatic N) is 4. The van der Waals surface area contributed by atoms with Gasteiger partial charge >= 0.3 is 5.97 Å². The molecule has 0 fully saturated rings. The van der Waals surface area contributed by atoms with Gasteiger partial charge in [0.25, 0.3) is 0 Å². The van der Waals surface area contributed by atoms with Gasteiger partial charge in [-0.05, 0) is 24.8 Å². The second-order valence-electron chi connectivity index (χ2n) is 7.34. The minimum absolute atomic E-state index is 0.0237. The van der Waals surface area contributed by atoms with Crippen molar-refractivity contribution in [1.82, 2.24) is 14.3 Å². The number of likely N-dealkylation sites (N-methyl/N-ethyl adjacent to an activating group) is 1. The number of sulfonamides is 1. The number of carboxylic acid groups (broad SMARTS) is 1. The highest BCUT2D eigenvalue weighted by Gasteiger charge is 2.38. The third-order valence-electron chi connectivity index (χ3n) is 5.28. The minimum Gasteiger partial charge on any atom is -0.476 e. The fourth-order valence-electron chi connectivity index (χ4n) is 3.47. The van der Waals surface area contributed by atoms with Crippen LogP contribution >= 0.6 is 11.8 Å². The molecule has 0 saturated heterocycles. The average molecular weight is 497 g/mol. The van der Waals surface area contributed by atoms with Gasteiger partial charge in [-0.2, -0.15) is 8.70 Å². The van der Waals surface area contributed by atoms with Crippen LogP contribution in [0.4, 0.5) is 16.0 Å². The number of halogens is 1. The van der Waals surface area contributed by atoms with E-state index in [4.69, 9.17) is 9.84 Å². The van der Waals surface area contributed by atoms with E-state index in [1.54, 1.807) is 35.7 Å². The number of thioether (sulfide) groups is 1. The number of hydrogen-bond donors (Lipinski definition) is 1. The van der Waals surface area contributed by atoms with Crippen LogP contribution in [0.2, 0.25) is 0 Å². The zero-order chi connectivity index (χ0) is 24.2. The van der Waals surface area contributed by atoms with E-state index in [1.165, 1.54) is 29.2 Å². The Morgan fingerprint density at radius 2 is 2.06 bits per heavy atom. The number of aliphatic carboxylic acids is 1. The molecule has 33 heavy (non-hydrogen) atoms. The molecule has 178 valence electrons. The number of ether oxygens (including phenoxy) is 1. The minimum atomic E-state index is -3.96. The number of anilines is 2. The van der Waals surface area contributed by atoms with E-state index in [-0.39, 0.29) is 16.7 Å². The van der Waals surface area contributed by atoms with E-state index in [9.17, 15) is 17.6 Å². The number of rotatable bonds is 8. The lowest BCUT2D eigenvalue weighted by Gasteiger charge is -2.28. The van der Waals surface area contributed by atoms with Gasteiger partial charge in [-0.25, -0.2) is 23.2 Å². The molecule has 0 spiro atoms.